The number of aromatic nitrogens is 3. The third-order valence-corrected chi connectivity index (χ3v) is 3.44. The molecule has 0 aliphatic carbocycles. The van der Waals surface area contributed by atoms with Gasteiger partial charge in [0.1, 0.15) is 11.9 Å². The largest absolute Gasteiger partial charge is 0.422 e. The van der Waals surface area contributed by atoms with E-state index < -0.39 is 0 Å². The maximum atomic E-state index is 5.75. The van der Waals surface area contributed by atoms with Crippen molar-refractivity contribution in [3.63, 3.8) is 0 Å². The Morgan fingerprint density at radius 1 is 1.38 bits per heavy atom. The van der Waals surface area contributed by atoms with E-state index in [1.807, 2.05) is 26.8 Å². The highest BCUT2D eigenvalue weighted by atomic mass is 16.5. The summed E-state index contributed by atoms with van der Waals surface area (Å²) in [7, 11) is 0. The van der Waals surface area contributed by atoms with E-state index in [-0.39, 0.29) is 12.0 Å². The second kappa shape index (κ2) is 5.95. The highest BCUT2D eigenvalue weighted by Crippen LogP contribution is 2.24. The zero-order chi connectivity index (χ0) is 14.8. The van der Waals surface area contributed by atoms with Gasteiger partial charge in [0.2, 0.25) is 11.8 Å². The summed E-state index contributed by atoms with van der Waals surface area (Å²) in [6.07, 6.45) is -0.174. The van der Waals surface area contributed by atoms with Crippen LogP contribution in [0.5, 0.6) is 0 Å². The highest BCUT2D eigenvalue weighted by molar-refractivity contribution is 5.04. The summed E-state index contributed by atoms with van der Waals surface area (Å²) in [5, 5.41) is 12.2. The Morgan fingerprint density at radius 2 is 2.24 bits per heavy atom. The predicted molar refractivity (Wildman–Crippen MR) is 73.6 cm³/mol. The Morgan fingerprint density at radius 3 is 2.90 bits per heavy atom. The monoisotopic (exact) mass is 292 g/mol. The molecule has 7 heteroatoms. The normalized spacial score (nSPS) is 20.3. The molecule has 0 spiro atoms. The van der Waals surface area contributed by atoms with Gasteiger partial charge in [-0.1, -0.05) is 19.0 Å². The first-order valence-corrected chi connectivity index (χ1v) is 7.21. The predicted octanol–water partition coefficient (Wildman–Crippen LogP) is 2.06. The number of morpholine rings is 1. The van der Waals surface area contributed by atoms with Crippen molar-refractivity contribution in [2.75, 3.05) is 19.7 Å². The molecule has 1 aliphatic rings. The number of hydrogen-bond donors (Lipinski definition) is 0. The van der Waals surface area contributed by atoms with Crippen molar-refractivity contribution < 1.29 is 13.7 Å². The molecule has 3 rings (SSSR count). The van der Waals surface area contributed by atoms with Gasteiger partial charge >= 0.3 is 0 Å². The molecule has 1 atom stereocenters. The van der Waals surface area contributed by atoms with Gasteiger partial charge in [0.25, 0.3) is 0 Å². The minimum Gasteiger partial charge on any atom is -0.422 e. The fraction of sp³-hybridized carbons (Fsp3) is 0.643. The van der Waals surface area contributed by atoms with Gasteiger partial charge in [-0.3, -0.25) is 4.90 Å². The van der Waals surface area contributed by atoms with Gasteiger partial charge in [-0.2, -0.15) is 0 Å². The maximum Gasteiger partial charge on any atom is 0.246 e. The molecule has 21 heavy (non-hydrogen) atoms. The van der Waals surface area contributed by atoms with Crippen LogP contribution in [0.1, 0.15) is 49.1 Å². The lowest BCUT2D eigenvalue weighted by Gasteiger charge is -2.30. The fourth-order valence-corrected chi connectivity index (χ4v) is 2.33. The second-order valence-electron chi connectivity index (χ2n) is 5.66. The number of aryl methyl sites for hydroxylation is 1. The van der Waals surface area contributed by atoms with Gasteiger partial charge in [-0.05, 0) is 6.92 Å². The van der Waals surface area contributed by atoms with Crippen LogP contribution in [0.15, 0.2) is 15.0 Å². The summed E-state index contributed by atoms with van der Waals surface area (Å²) < 4.78 is 16.5. The molecule has 0 radical (unpaired) electrons. The Balaban J connectivity index is 1.64. The molecule has 0 aromatic carbocycles. The van der Waals surface area contributed by atoms with Crippen molar-refractivity contribution in [3.05, 3.63) is 29.3 Å². The third-order valence-electron chi connectivity index (χ3n) is 3.44. The lowest BCUT2D eigenvalue weighted by atomic mass is 10.2. The Hall–Kier alpha value is -1.73. The van der Waals surface area contributed by atoms with Crippen LogP contribution in [0.25, 0.3) is 0 Å². The van der Waals surface area contributed by atoms with Crippen molar-refractivity contribution in [2.45, 2.75) is 39.3 Å². The van der Waals surface area contributed by atoms with Gasteiger partial charge in [0, 0.05) is 31.6 Å². The zero-order valence-corrected chi connectivity index (χ0v) is 12.6. The molecule has 7 nitrogen and oxygen atoms in total. The SMILES string of the molecule is Cc1cc(CN2CCOC(c3nnc(C(C)C)o3)C2)no1. The van der Waals surface area contributed by atoms with Gasteiger partial charge < -0.3 is 13.7 Å². The summed E-state index contributed by atoms with van der Waals surface area (Å²) >= 11 is 0. The molecule has 0 N–H and O–H groups in total. The standard InChI is InChI=1S/C14H20N4O3/c1-9(2)13-15-16-14(20-13)12-8-18(4-5-19-12)7-11-6-10(3)21-17-11/h6,9,12H,4-5,7-8H2,1-3H3. The van der Waals surface area contributed by atoms with Crippen LogP contribution in [0.4, 0.5) is 0 Å². The average molecular weight is 292 g/mol. The molecule has 1 aliphatic heterocycles. The summed E-state index contributed by atoms with van der Waals surface area (Å²) in [4.78, 5) is 2.25. The van der Waals surface area contributed by atoms with Gasteiger partial charge in [-0.15, -0.1) is 10.2 Å². The van der Waals surface area contributed by atoms with Crippen LogP contribution in [0.2, 0.25) is 0 Å². The van der Waals surface area contributed by atoms with E-state index in [0.29, 0.717) is 24.9 Å². The van der Waals surface area contributed by atoms with Crippen LogP contribution >= 0.6 is 0 Å². The quantitative estimate of drug-likeness (QED) is 0.853. The second-order valence-corrected chi connectivity index (χ2v) is 5.66. The van der Waals surface area contributed by atoms with Crippen LogP contribution in [-0.2, 0) is 11.3 Å². The zero-order valence-electron chi connectivity index (χ0n) is 12.6. The fourth-order valence-electron chi connectivity index (χ4n) is 2.33. The van der Waals surface area contributed by atoms with Crippen molar-refractivity contribution in [3.8, 4) is 0 Å². The lowest BCUT2D eigenvalue weighted by Crippen LogP contribution is -2.38. The van der Waals surface area contributed by atoms with Crippen molar-refractivity contribution in [2.24, 2.45) is 0 Å². The number of ether oxygens (including phenoxy) is 1. The Kier molecular flexibility index (Phi) is 4.03. The molecule has 1 fully saturated rings. The van der Waals surface area contributed by atoms with Crippen molar-refractivity contribution in [1.29, 1.82) is 0 Å². The van der Waals surface area contributed by atoms with E-state index in [1.165, 1.54) is 0 Å². The smallest absolute Gasteiger partial charge is 0.246 e. The van der Waals surface area contributed by atoms with Gasteiger partial charge in [0.15, 0.2) is 0 Å². The van der Waals surface area contributed by atoms with Crippen LogP contribution in [0.3, 0.4) is 0 Å². The van der Waals surface area contributed by atoms with Crippen LogP contribution in [-0.4, -0.2) is 40.0 Å². The van der Waals surface area contributed by atoms with E-state index in [1.54, 1.807) is 0 Å². The molecule has 0 bridgehead atoms. The van der Waals surface area contributed by atoms with Crippen molar-refractivity contribution in [1.82, 2.24) is 20.3 Å². The van der Waals surface area contributed by atoms with E-state index >= 15 is 0 Å². The van der Waals surface area contributed by atoms with E-state index in [0.717, 1.165) is 24.5 Å². The van der Waals surface area contributed by atoms with Crippen LogP contribution in [0, 0.1) is 6.92 Å². The van der Waals surface area contributed by atoms with E-state index in [4.69, 9.17) is 13.7 Å². The van der Waals surface area contributed by atoms with E-state index in [2.05, 4.69) is 20.3 Å². The molecule has 2 aromatic heterocycles. The topological polar surface area (TPSA) is 77.4 Å². The first-order chi connectivity index (χ1) is 10.1. The average Bonchev–Trinajstić information content (AvgIpc) is 3.08. The number of nitrogens with zero attached hydrogens (tertiary/aromatic N) is 4. The number of hydrogen-bond acceptors (Lipinski definition) is 7. The molecule has 1 saturated heterocycles. The Labute approximate surface area is 123 Å². The van der Waals surface area contributed by atoms with Crippen molar-refractivity contribution >= 4 is 0 Å². The van der Waals surface area contributed by atoms with E-state index in [9.17, 15) is 0 Å². The lowest BCUT2D eigenvalue weighted by molar-refractivity contribution is -0.0464. The molecule has 1 unspecified atom stereocenters. The van der Waals surface area contributed by atoms with Crippen LogP contribution < -0.4 is 0 Å². The molecular weight excluding hydrogens is 272 g/mol. The molecular formula is C14H20N4O3. The molecule has 114 valence electrons. The first-order valence-electron chi connectivity index (χ1n) is 7.21. The molecule has 0 amide bonds. The molecule has 3 heterocycles. The number of rotatable bonds is 4. The summed E-state index contributed by atoms with van der Waals surface area (Å²) in [5.74, 6) is 2.26. The van der Waals surface area contributed by atoms with Gasteiger partial charge in [0.05, 0.1) is 12.3 Å². The summed E-state index contributed by atoms with van der Waals surface area (Å²) in [6.45, 7) is 8.89. The summed E-state index contributed by atoms with van der Waals surface area (Å²) in [6, 6.07) is 1.95. The third kappa shape index (κ3) is 3.30. The molecule has 0 saturated carbocycles. The summed E-state index contributed by atoms with van der Waals surface area (Å²) in [5.41, 5.74) is 0.932. The minimum absolute atomic E-state index is 0.174. The Bertz CT molecular complexity index is 593. The molecule has 2 aromatic rings. The highest BCUT2D eigenvalue weighted by Gasteiger charge is 2.27. The minimum atomic E-state index is -0.174. The maximum absolute atomic E-state index is 5.75. The van der Waals surface area contributed by atoms with Gasteiger partial charge in [-0.25, -0.2) is 0 Å². The first kappa shape index (κ1) is 14.2.